The highest BCUT2D eigenvalue weighted by Crippen LogP contribution is 2.19. The number of carbonyl (C=O) groups excluding carboxylic acids is 1. The molecule has 1 aromatic carbocycles. The van der Waals surface area contributed by atoms with Crippen LogP contribution in [0.25, 0.3) is 5.65 Å². The van der Waals surface area contributed by atoms with Gasteiger partial charge in [-0.2, -0.15) is 11.8 Å². The Labute approximate surface area is 140 Å². The van der Waals surface area contributed by atoms with E-state index >= 15 is 0 Å². The molecule has 0 N–H and O–H groups in total. The van der Waals surface area contributed by atoms with Gasteiger partial charge in [0.2, 0.25) is 0 Å². The minimum Gasteiger partial charge on any atom is -0.345 e. The number of pyridine rings is 1. The molecule has 0 unspecified atom stereocenters. The SMILES string of the molecule is CN(C)C(=O)c1cccc(CSCc2cn3ccccc3n2)c1. The lowest BCUT2D eigenvalue weighted by atomic mass is 10.1. The summed E-state index contributed by atoms with van der Waals surface area (Å²) in [7, 11) is 3.54. The standard InChI is InChI=1S/C18H19N3OS/c1-20(2)18(22)15-7-5-6-14(10-15)12-23-13-16-11-21-9-4-3-8-17(21)19-16/h3-11H,12-13H2,1-2H3. The molecule has 5 heteroatoms. The monoisotopic (exact) mass is 325 g/mol. The fraction of sp³-hybridized carbons (Fsp3) is 0.222. The Morgan fingerprint density at radius 2 is 2.04 bits per heavy atom. The first-order valence-corrected chi connectivity index (χ1v) is 8.60. The normalized spacial score (nSPS) is 10.9. The molecule has 0 spiro atoms. The van der Waals surface area contributed by atoms with Gasteiger partial charge in [-0.05, 0) is 29.8 Å². The van der Waals surface area contributed by atoms with Crippen molar-refractivity contribution in [2.75, 3.05) is 14.1 Å². The average molecular weight is 325 g/mol. The van der Waals surface area contributed by atoms with Gasteiger partial charge in [-0.25, -0.2) is 4.98 Å². The van der Waals surface area contributed by atoms with Crippen LogP contribution in [-0.2, 0) is 11.5 Å². The van der Waals surface area contributed by atoms with Crippen molar-refractivity contribution >= 4 is 23.3 Å². The number of hydrogen-bond donors (Lipinski definition) is 0. The van der Waals surface area contributed by atoms with E-state index in [0.29, 0.717) is 0 Å². The van der Waals surface area contributed by atoms with Crippen molar-refractivity contribution in [1.82, 2.24) is 14.3 Å². The predicted octanol–water partition coefficient (Wildman–Crippen LogP) is 3.47. The van der Waals surface area contributed by atoms with Gasteiger partial charge >= 0.3 is 0 Å². The molecule has 3 aromatic rings. The average Bonchev–Trinajstić information content (AvgIpc) is 2.97. The van der Waals surface area contributed by atoms with Crippen molar-refractivity contribution in [3.63, 3.8) is 0 Å². The van der Waals surface area contributed by atoms with Gasteiger partial charge in [0, 0.05) is 43.6 Å². The molecule has 0 aliphatic carbocycles. The molecule has 0 aliphatic rings. The maximum absolute atomic E-state index is 12.0. The number of nitrogens with zero attached hydrogens (tertiary/aromatic N) is 3. The van der Waals surface area contributed by atoms with E-state index in [0.717, 1.165) is 34.0 Å². The highest BCUT2D eigenvalue weighted by atomic mass is 32.2. The van der Waals surface area contributed by atoms with Gasteiger partial charge in [0.15, 0.2) is 0 Å². The van der Waals surface area contributed by atoms with Crippen LogP contribution in [0, 0.1) is 0 Å². The fourth-order valence-corrected chi connectivity index (χ4v) is 3.25. The van der Waals surface area contributed by atoms with Gasteiger partial charge in [-0.1, -0.05) is 18.2 Å². The van der Waals surface area contributed by atoms with E-state index in [1.165, 1.54) is 0 Å². The number of carbonyl (C=O) groups is 1. The summed E-state index contributed by atoms with van der Waals surface area (Å²) in [5.74, 6) is 1.76. The van der Waals surface area contributed by atoms with Crippen LogP contribution >= 0.6 is 11.8 Å². The van der Waals surface area contributed by atoms with Crippen molar-refractivity contribution in [2.45, 2.75) is 11.5 Å². The molecule has 118 valence electrons. The zero-order valence-electron chi connectivity index (χ0n) is 13.3. The van der Waals surface area contributed by atoms with Crippen LogP contribution in [0.1, 0.15) is 21.6 Å². The van der Waals surface area contributed by atoms with E-state index in [9.17, 15) is 4.79 Å². The van der Waals surface area contributed by atoms with E-state index in [2.05, 4.69) is 17.2 Å². The number of imidazole rings is 1. The van der Waals surface area contributed by atoms with Crippen LogP contribution in [0.4, 0.5) is 0 Å². The second kappa shape index (κ2) is 6.87. The first-order chi connectivity index (χ1) is 11.1. The van der Waals surface area contributed by atoms with Gasteiger partial charge < -0.3 is 9.30 Å². The third-order valence-electron chi connectivity index (χ3n) is 3.51. The summed E-state index contributed by atoms with van der Waals surface area (Å²) >= 11 is 1.80. The largest absolute Gasteiger partial charge is 0.345 e. The molecule has 0 bridgehead atoms. The Hall–Kier alpha value is -2.27. The minimum absolute atomic E-state index is 0.0391. The van der Waals surface area contributed by atoms with Crippen LogP contribution < -0.4 is 0 Å². The summed E-state index contributed by atoms with van der Waals surface area (Å²) in [6, 6.07) is 13.8. The quantitative estimate of drug-likeness (QED) is 0.721. The Bertz CT molecular complexity index is 793. The molecule has 4 nitrogen and oxygen atoms in total. The van der Waals surface area contributed by atoms with Crippen molar-refractivity contribution in [1.29, 1.82) is 0 Å². The summed E-state index contributed by atoms with van der Waals surface area (Å²) in [4.78, 5) is 18.2. The summed E-state index contributed by atoms with van der Waals surface area (Å²) in [6.45, 7) is 0. The summed E-state index contributed by atoms with van der Waals surface area (Å²) < 4.78 is 2.03. The van der Waals surface area contributed by atoms with E-state index in [-0.39, 0.29) is 5.91 Å². The zero-order chi connectivity index (χ0) is 16.2. The second-order valence-corrected chi connectivity index (χ2v) is 6.58. The van der Waals surface area contributed by atoms with Crippen molar-refractivity contribution < 1.29 is 4.79 Å². The van der Waals surface area contributed by atoms with Gasteiger partial charge in [0.1, 0.15) is 5.65 Å². The highest BCUT2D eigenvalue weighted by molar-refractivity contribution is 7.97. The maximum atomic E-state index is 12.0. The van der Waals surface area contributed by atoms with Crippen molar-refractivity contribution in [3.8, 4) is 0 Å². The van der Waals surface area contributed by atoms with Crippen molar-refractivity contribution in [2.24, 2.45) is 0 Å². The van der Waals surface area contributed by atoms with Crippen LogP contribution in [0.3, 0.4) is 0 Å². The molecular formula is C18H19N3OS. The molecular weight excluding hydrogens is 306 g/mol. The van der Waals surface area contributed by atoms with E-state index < -0.39 is 0 Å². The van der Waals surface area contributed by atoms with Gasteiger partial charge in [0.05, 0.1) is 5.69 Å². The lowest BCUT2D eigenvalue weighted by Crippen LogP contribution is -2.21. The molecule has 1 amide bonds. The molecule has 0 saturated carbocycles. The van der Waals surface area contributed by atoms with Crippen LogP contribution in [-0.4, -0.2) is 34.3 Å². The number of benzene rings is 1. The summed E-state index contributed by atoms with van der Waals surface area (Å²) in [5.41, 5.74) is 3.94. The number of fused-ring (bicyclic) bond motifs is 1. The zero-order valence-corrected chi connectivity index (χ0v) is 14.1. The smallest absolute Gasteiger partial charge is 0.253 e. The van der Waals surface area contributed by atoms with Crippen LogP contribution in [0.15, 0.2) is 54.9 Å². The summed E-state index contributed by atoms with van der Waals surface area (Å²) in [5, 5.41) is 0. The lowest BCUT2D eigenvalue weighted by Gasteiger charge is -2.11. The predicted molar refractivity (Wildman–Crippen MR) is 94.7 cm³/mol. The number of thioether (sulfide) groups is 1. The maximum Gasteiger partial charge on any atom is 0.253 e. The number of aromatic nitrogens is 2. The van der Waals surface area contributed by atoms with Crippen LogP contribution in [0.2, 0.25) is 0 Å². The molecule has 23 heavy (non-hydrogen) atoms. The second-order valence-electron chi connectivity index (χ2n) is 5.59. The third-order valence-corrected chi connectivity index (χ3v) is 4.55. The molecule has 2 heterocycles. The van der Waals surface area contributed by atoms with E-state index in [4.69, 9.17) is 0 Å². The lowest BCUT2D eigenvalue weighted by molar-refractivity contribution is 0.0827. The van der Waals surface area contributed by atoms with Gasteiger partial charge in [-0.3, -0.25) is 4.79 Å². The molecule has 0 atom stereocenters. The Morgan fingerprint density at radius 1 is 1.17 bits per heavy atom. The van der Waals surface area contributed by atoms with Gasteiger partial charge in [-0.15, -0.1) is 0 Å². The summed E-state index contributed by atoms with van der Waals surface area (Å²) in [6.07, 6.45) is 4.07. The number of rotatable bonds is 5. The molecule has 0 aliphatic heterocycles. The van der Waals surface area contributed by atoms with E-state index in [1.807, 2.05) is 47.0 Å². The van der Waals surface area contributed by atoms with Crippen LogP contribution in [0.5, 0.6) is 0 Å². The Kier molecular flexibility index (Phi) is 4.67. The Balaban J connectivity index is 1.62. The third kappa shape index (κ3) is 3.74. The van der Waals surface area contributed by atoms with Gasteiger partial charge in [0.25, 0.3) is 5.91 Å². The fourth-order valence-electron chi connectivity index (χ4n) is 2.38. The molecule has 0 radical (unpaired) electrons. The van der Waals surface area contributed by atoms with E-state index in [1.54, 1.807) is 30.8 Å². The molecule has 2 aromatic heterocycles. The molecule has 3 rings (SSSR count). The first kappa shape index (κ1) is 15.6. The number of amides is 1. The first-order valence-electron chi connectivity index (χ1n) is 7.44. The molecule has 0 fully saturated rings. The Morgan fingerprint density at radius 3 is 2.83 bits per heavy atom. The minimum atomic E-state index is 0.0391. The molecule has 0 saturated heterocycles. The topological polar surface area (TPSA) is 37.6 Å². The van der Waals surface area contributed by atoms with Crippen molar-refractivity contribution in [3.05, 3.63) is 71.7 Å². The highest BCUT2D eigenvalue weighted by Gasteiger charge is 2.08. The number of hydrogen-bond acceptors (Lipinski definition) is 3.